The van der Waals surface area contributed by atoms with Gasteiger partial charge in [-0.25, -0.2) is 8.78 Å². The Morgan fingerprint density at radius 2 is 1.68 bits per heavy atom. The summed E-state index contributed by atoms with van der Waals surface area (Å²) in [5, 5.41) is 0. The number of rotatable bonds is 3. The Labute approximate surface area is 111 Å². The van der Waals surface area contributed by atoms with Crippen LogP contribution in [-0.2, 0) is 5.41 Å². The molecule has 2 aromatic rings. The predicted molar refractivity (Wildman–Crippen MR) is 70.5 cm³/mol. The minimum absolute atomic E-state index is 0.291. The molecule has 1 atom stereocenters. The van der Waals surface area contributed by atoms with Crippen molar-refractivity contribution in [3.8, 4) is 0 Å². The van der Waals surface area contributed by atoms with E-state index in [1.54, 1.807) is 18.3 Å². The third-order valence-corrected chi connectivity index (χ3v) is 3.45. The molecule has 1 unspecified atom stereocenters. The summed E-state index contributed by atoms with van der Waals surface area (Å²) in [5.74, 6) is -0.705. The smallest absolute Gasteiger partial charge is 0.141 e. The van der Waals surface area contributed by atoms with Crippen molar-refractivity contribution in [2.75, 3.05) is 0 Å². The Hall–Kier alpha value is -1.81. The summed E-state index contributed by atoms with van der Waals surface area (Å²) in [5.41, 5.74) is 7.27. The molecule has 0 bridgehead atoms. The molecule has 4 heteroatoms. The molecule has 2 N–H and O–H groups in total. The molecular weight excluding hydrogens is 246 g/mol. The van der Waals surface area contributed by atoms with Gasteiger partial charge in [-0.05, 0) is 29.3 Å². The average molecular weight is 262 g/mol. The molecule has 2 rings (SSSR count). The molecule has 1 aromatic carbocycles. The van der Waals surface area contributed by atoms with Gasteiger partial charge in [0.05, 0.1) is 6.20 Å². The summed E-state index contributed by atoms with van der Waals surface area (Å²) in [6, 6.07) is 7.13. The largest absolute Gasteiger partial charge is 0.323 e. The van der Waals surface area contributed by atoms with Crippen molar-refractivity contribution >= 4 is 0 Å². The number of aromatic nitrogens is 1. The molecule has 1 heterocycles. The van der Waals surface area contributed by atoms with Crippen LogP contribution in [0.15, 0.2) is 42.7 Å². The highest BCUT2D eigenvalue weighted by Gasteiger charge is 2.30. The Morgan fingerprint density at radius 1 is 1.05 bits per heavy atom. The SMILES string of the molecule is CC(C)(c1ccc(F)cc1)C(N)c1cncc(F)c1. The van der Waals surface area contributed by atoms with Gasteiger partial charge in [-0.15, -0.1) is 0 Å². The van der Waals surface area contributed by atoms with E-state index < -0.39 is 17.3 Å². The first-order valence-corrected chi connectivity index (χ1v) is 6.03. The first kappa shape index (κ1) is 13.6. The summed E-state index contributed by atoms with van der Waals surface area (Å²) in [6.07, 6.45) is 2.69. The van der Waals surface area contributed by atoms with Crippen molar-refractivity contribution in [1.29, 1.82) is 0 Å². The van der Waals surface area contributed by atoms with Gasteiger partial charge in [0.2, 0.25) is 0 Å². The number of benzene rings is 1. The van der Waals surface area contributed by atoms with Crippen LogP contribution in [-0.4, -0.2) is 4.98 Å². The monoisotopic (exact) mass is 262 g/mol. The third kappa shape index (κ3) is 2.79. The molecule has 0 spiro atoms. The highest BCUT2D eigenvalue weighted by Crippen LogP contribution is 2.35. The number of nitrogens with two attached hydrogens (primary N) is 1. The molecule has 0 radical (unpaired) electrons. The molecule has 1 aromatic heterocycles. The fraction of sp³-hybridized carbons (Fsp3) is 0.267. The van der Waals surface area contributed by atoms with Crippen LogP contribution in [0.5, 0.6) is 0 Å². The molecule has 19 heavy (non-hydrogen) atoms. The van der Waals surface area contributed by atoms with E-state index in [2.05, 4.69) is 4.98 Å². The number of hydrogen-bond donors (Lipinski definition) is 1. The zero-order chi connectivity index (χ0) is 14.0. The molecular formula is C15H16F2N2. The van der Waals surface area contributed by atoms with Gasteiger partial charge in [-0.2, -0.15) is 0 Å². The van der Waals surface area contributed by atoms with Crippen molar-refractivity contribution in [1.82, 2.24) is 4.98 Å². The first-order chi connectivity index (χ1) is 8.91. The zero-order valence-corrected chi connectivity index (χ0v) is 10.9. The lowest BCUT2D eigenvalue weighted by molar-refractivity contribution is 0.417. The Kier molecular flexibility index (Phi) is 3.62. The van der Waals surface area contributed by atoms with Gasteiger partial charge in [0.1, 0.15) is 11.6 Å². The van der Waals surface area contributed by atoms with E-state index in [4.69, 9.17) is 5.73 Å². The minimum atomic E-state index is -0.455. The second-order valence-corrected chi connectivity index (χ2v) is 5.14. The molecule has 0 saturated carbocycles. The standard InChI is InChI=1S/C15H16F2N2/c1-15(2,11-3-5-12(16)6-4-11)14(18)10-7-13(17)9-19-8-10/h3-9,14H,18H2,1-2H3. The predicted octanol–water partition coefficient (Wildman–Crippen LogP) is 3.34. The van der Waals surface area contributed by atoms with E-state index in [-0.39, 0.29) is 5.82 Å². The number of nitrogens with zero attached hydrogens (tertiary/aromatic N) is 1. The molecule has 0 aliphatic rings. The van der Waals surface area contributed by atoms with E-state index in [1.165, 1.54) is 18.2 Å². The summed E-state index contributed by atoms with van der Waals surface area (Å²) in [7, 11) is 0. The Morgan fingerprint density at radius 3 is 2.26 bits per heavy atom. The van der Waals surface area contributed by atoms with Crippen LogP contribution < -0.4 is 5.73 Å². The van der Waals surface area contributed by atoms with E-state index in [0.717, 1.165) is 11.8 Å². The summed E-state index contributed by atoms with van der Waals surface area (Å²) in [6.45, 7) is 3.88. The fourth-order valence-electron chi connectivity index (χ4n) is 2.07. The van der Waals surface area contributed by atoms with Crippen molar-refractivity contribution in [2.45, 2.75) is 25.3 Å². The van der Waals surface area contributed by atoms with Crippen LogP contribution in [0.2, 0.25) is 0 Å². The molecule has 0 saturated heterocycles. The summed E-state index contributed by atoms with van der Waals surface area (Å²) < 4.78 is 26.2. The molecule has 2 nitrogen and oxygen atoms in total. The molecule has 0 aliphatic heterocycles. The number of halogens is 2. The third-order valence-electron chi connectivity index (χ3n) is 3.45. The quantitative estimate of drug-likeness (QED) is 0.921. The van der Waals surface area contributed by atoms with Crippen molar-refractivity contribution in [2.24, 2.45) is 5.73 Å². The maximum absolute atomic E-state index is 13.2. The van der Waals surface area contributed by atoms with E-state index in [9.17, 15) is 8.78 Å². The van der Waals surface area contributed by atoms with Gasteiger partial charge in [-0.1, -0.05) is 26.0 Å². The lowest BCUT2D eigenvalue weighted by Gasteiger charge is -2.32. The van der Waals surface area contributed by atoms with E-state index >= 15 is 0 Å². The van der Waals surface area contributed by atoms with Crippen molar-refractivity contribution < 1.29 is 8.78 Å². The summed E-state index contributed by atoms with van der Waals surface area (Å²) in [4.78, 5) is 3.81. The second kappa shape index (κ2) is 5.05. The second-order valence-electron chi connectivity index (χ2n) is 5.14. The zero-order valence-electron chi connectivity index (χ0n) is 10.9. The van der Waals surface area contributed by atoms with Crippen molar-refractivity contribution in [3.63, 3.8) is 0 Å². The highest BCUT2D eigenvalue weighted by atomic mass is 19.1. The maximum Gasteiger partial charge on any atom is 0.141 e. The van der Waals surface area contributed by atoms with Gasteiger partial charge < -0.3 is 5.73 Å². The Bertz CT molecular complexity index is 565. The van der Waals surface area contributed by atoms with Crippen molar-refractivity contribution in [3.05, 3.63) is 65.5 Å². The van der Waals surface area contributed by atoms with E-state index in [1.807, 2.05) is 13.8 Å². The lowest BCUT2D eigenvalue weighted by Crippen LogP contribution is -2.33. The van der Waals surface area contributed by atoms with Gasteiger partial charge >= 0.3 is 0 Å². The fourth-order valence-corrected chi connectivity index (χ4v) is 2.07. The number of pyridine rings is 1. The minimum Gasteiger partial charge on any atom is -0.323 e. The average Bonchev–Trinajstić information content (AvgIpc) is 2.38. The van der Waals surface area contributed by atoms with E-state index in [0.29, 0.717) is 5.56 Å². The van der Waals surface area contributed by atoms with Gasteiger partial charge in [-0.3, -0.25) is 4.98 Å². The number of hydrogen-bond acceptors (Lipinski definition) is 2. The van der Waals surface area contributed by atoms with Gasteiger partial charge in [0, 0.05) is 17.7 Å². The van der Waals surface area contributed by atoms with Crippen LogP contribution in [0.3, 0.4) is 0 Å². The normalized spacial score (nSPS) is 13.3. The van der Waals surface area contributed by atoms with Crippen LogP contribution in [0.4, 0.5) is 8.78 Å². The van der Waals surface area contributed by atoms with Gasteiger partial charge in [0.15, 0.2) is 0 Å². The molecule has 0 fully saturated rings. The molecule has 100 valence electrons. The topological polar surface area (TPSA) is 38.9 Å². The Balaban J connectivity index is 2.35. The maximum atomic E-state index is 13.2. The van der Waals surface area contributed by atoms with Crippen LogP contribution in [0, 0.1) is 11.6 Å². The first-order valence-electron chi connectivity index (χ1n) is 6.03. The summed E-state index contributed by atoms with van der Waals surface area (Å²) >= 11 is 0. The van der Waals surface area contributed by atoms with Crippen LogP contribution >= 0.6 is 0 Å². The molecule has 0 aliphatic carbocycles. The molecule has 0 amide bonds. The van der Waals surface area contributed by atoms with Gasteiger partial charge in [0.25, 0.3) is 0 Å². The highest BCUT2D eigenvalue weighted by molar-refractivity contribution is 5.30. The van der Waals surface area contributed by atoms with Crippen LogP contribution in [0.25, 0.3) is 0 Å². The lowest BCUT2D eigenvalue weighted by atomic mass is 9.76. The van der Waals surface area contributed by atoms with Crippen LogP contribution in [0.1, 0.15) is 31.0 Å².